The highest BCUT2D eigenvalue weighted by atomic mass is 32.1. The van der Waals surface area contributed by atoms with Crippen molar-refractivity contribution in [3.05, 3.63) is 44.5 Å². The third kappa shape index (κ3) is 4.06. The number of hydrogen-bond acceptors (Lipinski definition) is 6. The normalized spacial score (nSPS) is 10.5. The molecule has 0 saturated carbocycles. The Balaban J connectivity index is 2.19. The number of ether oxygens (including phenoxy) is 1. The molecule has 23 heavy (non-hydrogen) atoms. The van der Waals surface area contributed by atoms with Crippen LogP contribution in [0.3, 0.4) is 0 Å². The van der Waals surface area contributed by atoms with Gasteiger partial charge < -0.3 is 10.1 Å². The van der Waals surface area contributed by atoms with Crippen LogP contribution in [0.15, 0.2) is 23.6 Å². The molecule has 1 N–H and O–H groups in total. The van der Waals surface area contributed by atoms with Gasteiger partial charge in [-0.2, -0.15) is 5.26 Å². The van der Waals surface area contributed by atoms with Gasteiger partial charge in [-0.15, -0.1) is 22.7 Å². The summed E-state index contributed by atoms with van der Waals surface area (Å²) in [5.74, 6) is -0.840. The second-order valence-corrected chi connectivity index (χ2v) is 6.43. The molecule has 0 aliphatic rings. The zero-order valence-corrected chi connectivity index (χ0v) is 14.2. The van der Waals surface area contributed by atoms with Crippen molar-refractivity contribution >= 4 is 45.6 Å². The van der Waals surface area contributed by atoms with Crippen LogP contribution in [0.4, 0.5) is 5.00 Å². The van der Waals surface area contributed by atoms with Crippen LogP contribution in [0.2, 0.25) is 0 Å². The maximum Gasteiger partial charge on any atom is 0.348 e. The van der Waals surface area contributed by atoms with E-state index in [-0.39, 0.29) is 18.1 Å². The van der Waals surface area contributed by atoms with Crippen molar-refractivity contribution < 1.29 is 14.3 Å². The number of nitriles is 1. The third-order valence-electron chi connectivity index (χ3n) is 2.90. The number of carbonyl (C=O) groups excluding carboxylic acids is 2. The molecule has 0 spiro atoms. The van der Waals surface area contributed by atoms with Crippen LogP contribution >= 0.6 is 22.7 Å². The molecule has 118 valence electrons. The number of thiophene rings is 2. The second-order valence-electron chi connectivity index (χ2n) is 4.43. The van der Waals surface area contributed by atoms with Gasteiger partial charge in [0.05, 0.1) is 12.2 Å². The molecule has 7 heteroatoms. The predicted molar refractivity (Wildman–Crippen MR) is 91.7 cm³/mol. The smallest absolute Gasteiger partial charge is 0.348 e. The minimum atomic E-state index is -0.485. The average Bonchev–Trinajstić information content (AvgIpc) is 3.13. The van der Waals surface area contributed by atoms with E-state index >= 15 is 0 Å². The molecule has 5 nitrogen and oxygen atoms in total. The Hall–Kier alpha value is -2.43. The Morgan fingerprint density at radius 3 is 2.87 bits per heavy atom. The molecule has 0 unspecified atom stereocenters. The maximum atomic E-state index is 12.0. The predicted octanol–water partition coefficient (Wildman–Crippen LogP) is 3.82. The summed E-state index contributed by atoms with van der Waals surface area (Å²) >= 11 is 2.57. The summed E-state index contributed by atoms with van der Waals surface area (Å²) in [7, 11) is 0. The van der Waals surface area contributed by atoms with E-state index in [0.29, 0.717) is 15.4 Å². The molecule has 0 aliphatic carbocycles. The number of carbonyl (C=O) groups is 2. The van der Waals surface area contributed by atoms with Gasteiger partial charge in [0.2, 0.25) is 5.91 Å². The van der Waals surface area contributed by atoms with Crippen LogP contribution in [0.1, 0.15) is 32.6 Å². The number of amides is 1. The third-order valence-corrected chi connectivity index (χ3v) is 4.92. The summed E-state index contributed by atoms with van der Waals surface area (Å²) in [4.78, 5) is 25.1. The fourth-order valence-corrected chi connectivity index (χ4v) is 3.50. The van der Waals surface area contributed by atoms with Crippen molar-refractivity contribution in [3.63, 3.8) is 0 Å². The zero-order chi connectivity index (χ0) is 16.8. The Kier molecular flexibility index (Phi) is 5.68. The summed E-state index contributed by atoms with van der Waals surface area (Å²) in [5, 5.41) is 14.2. The molecule has 0 aliphatic heterocycles. The first-order chi connectivity index (χ1) is 11.1. The van der Waals surface area contributed by atoms with Crippen LogP contribution in [0, 0.1) is 18.3 Å². The first kappa shape index (κ1) is 16.9. The molecule has 0 fully saturated rings. The standard InChI is InChI=1S/C16H14N2O3S2/c1-3-21-16(20)14-10(2)12(9-17)15(23-14)18-13(19)7-6-11-5-4-8-22-11/h4-8H,3H2,1-2H3,(H,18,19)/b7-6+. The van der Waals surface area contributed by atoms with Gasteiger partial charge in [0.25, 0.3) is 0 Å². The summed E-state index contributed by atoms with van der Waals surface area (Å²) in [6.07, 6.45) is 3.09. The molecular formula is C16H14N2O3S2. The highest BCUT2D eigenvalue weighted by molar-refractivity contribution is 7.18. The van der Waals surface area contributed by atoms with Gasteiger partial charge >= 0.3 is 5.97 Å². The molecule has 0 saturated heterocycles. The molecule has 1 amide bonds. The quantitative estimate of drug-likeness (QED) is 0.659. The number of nitrogens with zero attached hydrogens (tertiary/aromatic N) is 1. The molecule has 0 radical (unpaired) electrons. The van der Waals surface area contributed by atoms with Gasteiger partial charge in [-0.1, -0.05) is 6.07 Å². The van der Waals surface area contributed by atoms with Crippen molar-refractivity contribution in [2.45, 2.75) is 13.8 Å². The Morgan fingerprint density at radius 2 is 2.26 bits per heavy atom. The number of hydrogen-bond donors (Lipinski definition) is 1. The van der Waals surface area contributed by atoms with E-state index < -0.39 is 5.97 Å². The molecular weight excluding hydrogens is 332 g/mol. The zero-order valence-electron chi connectivity index (χ0n) is 12.6. The van der Waals surface area contributed by atoms with E-state index in [4.69, 9.17) is 4.74 Å². The van der Waals surface area contributed by atoms with Gasteiger partial charge in [-0.25, -0.2) is 4.79 Å². The van der Waals surface area contributed by atoms with E-state index in [0.717, 1.165) is 16.2 Å². The van der Waals surface area contributed by atoms with E-state index in [1.807, 2.05) is 23.6 Å². The molecule has 2 aromatic rings. The van der Waals surface area contributed by atoms with Crippen LogP contribution < -0.4 is 5.32 Å². The Bertz CT molecular complexity index is 783. The molecule has 0 atom stereocenters. The van der Waals surface area contributed by atoms with Gasteiger partial charge in [0.15, 0.2) is 0 Å². The largest absolute Gasteiger partial charge is 0.462 e. The van der Waals surface area contributed by atoms with E-state index in [9.17, 15) is 14.9 Å². The van der Waals surface area contributed by atoms with Crippen LogP contribution in [-0.4, -0.2) is 18.5 Å². The summed E-state index contributed by atoms with van der Waals surface area (Å²) in [6.45, 7) is 3.63. The minimum Gasteiger partial charge on any atom is -0.462 e. The van der Waals surface area contributed by atoms with Crippen LogP contribution in [0.5, 0.6) is 0 Å². The lowest BCUT2D eigenvalue weighted by Gasteiger charge is -1.98. The first-order valence-electron chi connectivity index (χ1n) is 6.80. The number of nitrogens with one attached hydrogen (secondary N) is 1. The first-order valence-corrected chi connectivity index (χ1v) is 8.49. The van der Waals surface area contributed by atoms with Gasteiger partial charge in [0, 0.05) is 11.0 Å². The summed E-state index contributed by atoms with van der Waals surface area (Å²) in [6, 6.07) is 5.81. The lowest BCUT2D eigenvalue weighted by Crippen LogP contribution is -2.07. The van der Waals surface area contributed by atoms with Crippen LogP contribution in [-0.2, 0) is 9.53 Å². The SMILES string of the molecule is CCOC(=O)c1sc(NC(=O)/C=C/c2cccs2)c(C#N)c1C. The van der Waals surface area contributed by atoms with Crippen molar-refractivity contribution in [1.82, 2.24) is 0 Å². The highest BCUT2D eigenvalue weighted by Crippen LogP contribution is 2.33. The highest BCUT2D eigenvalue weighted by Gasteiger charge is 2.21. The average molecular weight is 346 g/mol. The molecule has 2 rings (SSSR count). The summed E-state index contributed by atoms with van der Waals surface area (Å²) < 4.78 is 4.96. The Morgan fingerprint density at radius 1 is 1.48 bits per heavy atom. The van der Waals surface area contributed by atoms with E-state index in [2.05, 4.69) is 5.32 Å². The Labute approximate surface area is 141 Å². The van der Waals surface area contributed by atoms with Crippen LogP contribution in [0.25, 0.3) is 6.08 Å². The second kappa shape index (κ2) is 7.72. The van der Waals surface area contributed by atoms with Crippen molar-refractivity contribution in [2.24, 2.45) is 0 Å². The van der Waals surface area contributed by atoms with Gasteiger partial charge in [0.1, 0.15) is 15.9 Å². The lowest BCUT2D eigenvalue weighted by atomic mass is 10.2. The molecule has 2 aromatic heterocycles. The maximum absolute atomic E-state index is 12.0. The fourth-order valence-electron chi connectivity index (χ4n) is 1.82. The summed E-state index contributed by atoms with van der Waals surface area (Å²) in [5.41, 5.74) is 0.810. The van der Waals surface area contributed by atoms with E-state index in [1.54, 1.807) is 19.9 Å². The number of rotatable bonds is 5. The van der Waals surface area contributed by atoms with Gasteiger partial charge in [-0.3, -0.25) is 4.79 Å². The minimum absolute atomic E-state index is 0.253. The fraction of sp³-hybridized carbons (Fsp3) is 0.188. The number of esters is 1. The molecule has 2 heterocycles. The van der Waals surface area contributed by atoms with Crippen molar-refractivity contribution in [3.8, 4) is 6.07 Å². The van der Waals surface area contributed by atoms with Crippen molar-refractivity contribution in [2.75, 3.05) is 11.9 Å². The topological polar surface area (TPSA) is 79.2 Å². The number of anilines is 1. The van der Waals surface area contributed by atoms with Crippen molar-refractivity contribution in [1.29, 1.82) is 5.26 Å². The van der Waals surface area contributed by atoms with E-state index in [1.165, 1.54) is 17.4 Å². The lowest BCUT2D eigenvalue weighted by molar-refractivity contribution is -0.111. The molecule has 0 aromatic carbocycles. The van der Waals surface area contributed by atoms with Gasteiger partial charge in [-0.05, 0) is 36.9 Å². The molecule has 0 bridgehead atoms. The monoisotopic (exact) mass is 346 g/mol.